The number of benzene rings is 1. The molecule has 0 saturated heterocycles. The minimum absolute atomic E-state index is 0. The maximum absolute atomic E-state index is 10.1. The Balaban J connectivity index is 0.000000355. The molecule has 3 rings (SSSR count). The number of carbonyl (C=O) groups is 1. The Labute approximate surface area is 163 Å². The third kappa shape index (κ3) is 10.0. The van der Waals surface area contributed by atoms with Gasteiger partial charge in [0.15, 0.2) is 23.9 Å². The van der Waals surface area contributed by atoms with Gasteiger partial charge in [0, 0.05) is 12.1 Å². The van der Waals surface area contributed by atoms with E-state index in [1.807, 2.05) is 26.5 Å². The molecule has 0 saturated carbocycles. The summed E-state index contributed by atoms with van der Waals surface area (Å²) in [4.78, 5) is 10.1. The molecule has 2 N–H and O–H groups in total. The Morgan fingerprint density at radius 2 is 1.23 bits per heavy atom. The smallest absolute Gasteiger partial charge is 0.210 e. The van der Waals surface area contributed by atoms with Gasteiger partial charge in [-0.15, -0.1) is 0 Å². The minimum Gasteiger partial charge on any atom is -1.00 e. The molecule has 138 valence electrons. The molecule has 0 radical (unpaired) electrons. The first kappa shape index (κ1) is 23.1. The second kappa shape index (κ2) is 12.4. The van der Waals surface area contributed by atoms with Crippen molar-refractivity contribution in [2.45, 2.75) is 0 Å². The van der Waals surface area contributed by atoms with Crippen LogP contribution in [0.4, 0.5) is 0 Å². The highest BCUT2D eigenvalue weighted by Crippen LogP contribution is 1.99. The molecule has 0 aliphatic carbocycles. The molecule has 0 fully saturated rings. The Morgan fingerprint density at radius 1 is 0.808 bits per heavy atom. The number of halogens is 1. The zero-order valence-corrected chi connectivity index (χ0v) is 16.1. The lowest BCUT2D eigenvalue weighted by atomic mass is 10.2. The van der Waals surface area contributed by atoms with Crippen LogP contribution in [0, 0.1) is 0 Å². The molecule has 6 nitrogen and oxygen atoms in total. The van der Waals surface area contributed by atoms with Gasteiger partial charge in [-0.05, 0) is 17.7 Å². The number of aromatic hydroxyl groups is 2. The highest BCUT2D eigenvalue weighted by molar-refractivity contribution is 5.85. The van der Waals surface area contributed by atoms with Crippen molar-refractivity contribution in [3.63, 3.8) is 0 Å². The predicted octanol–water partition coefficient (Wildman–Crippen LogP) is -2.51. The van der Waals surface area contributed by atoms with E-state index >= 15 is 0 Å². The molecule has 0 spiro atoms. The summed E-state index contributed by atoms with van der Waals surface area (Å²) in [6.07, 6.45) is 7.00. The third-order valence-electron chi connectivity index (χ3n) is 2.86. The summed E-state index contributed by atoms with van der Waals surface area (Å²) in [7, 11) is 3.72. The lowest BCUT2D eigenvalue weighted by molar-refractivity contribution is -0.671. The summed E-state index contributed by atoms with van der Waals surface area (Å²) >= 11 is 0. The molecule has 7 heteroatoms. The van der Waals surface area contributed by atoms with Crippen LogP contribution in [-0.4, -0.2) is 16.2 Å². The van der Waals surface area contributed by atoms with Crippen molar-refractivity contribution in [3.8, 4) is 11.5 Å². The van der Waals surface area contributed by atoms with Crippen molar-refractivity contribution in [3.05, 3.63) is 84.9 Å². The number of nitrogens with zero attached hydrogens (tertiary/aromatic N) is 2. The molecule has 2 aromatic heterocycles. The van der Waals surface area contributed by atoms with Gasteiger partial charge in [0.25, 0.3) is 0 Å². The Bertz CT molecular complexity index is 720. The Kier molecular flexibility index (Phi) is 11.0. The van der Waals surface area contributed by atoms with E-state index in [0.29, 0.717) is 11.5 Å². The van der Waals surface area contributed by atoms with Gasteiger partial charge in [-0.3, -0.25) is 0 Å². The Hall–Kier alpha value is -2.93. The van der Waals surface area contributed by atoms with Crippen molar-refractivity contribution in [1.29, 1.82) is 0 Å². The minimum atomic E-state index is -1.13. The molecule has 0 bridgehead atoms. The molecule has 26 heavy (non-hydrogen) atoms. The molecule has 3 aromatic rings. The normalized spacial score (nSPS) is 8.69. The highest BCUT2D eigenvalue weighted by atomic mass is 79.9. The average molecular weight is 421 g/mol. The van der Waals surface area contributed by atoms with Crippen LogP contribution < -0.4 is 31.2 Å². The standard InChI is InChI=1S/C7H6O2.2C6H7NO.BrH/c8-7(9)6-4-2-1-3-5-6;2*1-7-4-2-3-6(8)5-7;/h1-5H,(H,8,9);2*2-5H,1H3;1H. The summed E-state index contributed by atoms with van der Waals surface area (Å²) in [5.74, 6) is -0.527. The fourth-order valence-corrected chi connectivity index (χ4v) is 1.72. The molecule has 0 aliphatic rings. The molecule has 2 heterocycles. The number of carboxylic acid groups (broad SMARTS) is 1. The number of carboxylic acids is 1. The summed E-state index contributed by atoms with van der Waals surface area (Å²) in [6.45, 7) is 0. The average Bonchev–Trinajstić information content (AvgIpc) is 2.56. The van der Waals surface area contributed by atoms with Gasteiger partial charge in [0.1, 0.15) is 14.1 Å². The van der Waals surface area contributed by atoms with Crippen LogP contribution in [0.3, 0.4) is 0 Å². The van der Waals surface area contributed by atoms with Crippen LogP contribution in [0.15, 0.2) is 79.4 Å². The predicted molar refractivity (Wildman–Crippen MR) is 89.3 cm³/mol. The van der Waals surface area contributed by atoms with Gasteiger partial charge < -0.3 is 37.1 Å². The monoisotopic (exact) mass is 420 g/mol. The van der Waals surface area contributed by atoms with Crippen LogP contribution >= 0.6 is 0 Å². The fourth-order valence-electron chi connectivity index (χ4n) is 1.72. The van der Waals surface area contributed by atoms with E-state index in [1.54, 1.807) is 64.0 Å². The highest BCUT2D eigenvalue weighted by Gasteiger charge is 1.90. The van der Waals surface area contributed by atoms with E-state index < -0.39 is 5.97 Å². The second-order valence-corrected chi connectivity index (χ2v) is 5.11. The summed E-state index contributed by atoms with van der Waals surface area (Å²) in [6, 6.07) is 14.9. The maximum atomic E-state index is 10.1. The lowest BCUT2D eigenvalue weighted by Gasteiger charge is -1.97. The molecule has 0 amide bonds. The van der Waals surface area contributed by atoms with Gasteiger partial charge in [-0.2, -0.15) is 0 Å². The van der Waals surface area contributed by atoms with Crippen LogP contribution in [0.1, 0.15) is 10.4 Å². The zero-order valence-electron chi connectivity index (χ0n) is 14.5. The maximum Gasteiger partial charge on any atom is 0.210 e. The van der Waals surface area contributed by atoms with Gasteiger partial charge in [0.2, 0.25) is 12.4 Å². The van der Waals surface area contributed by atoms with Crippen LogP contribution in [0.5, 0.6) is 11.5 Å². The first-order valence-corrected chi connectivity index (χ1v) is 7.43. The van der Waals surface area contributed by atoms with E-state index in [-0.39, 0.29) is 22.5 Å². The van der Waals surface area contributed by atoms with E-state index in [9.17, 15) is 9.90 Å². The van der Waals surface area contributed by atoms with E-state index in [0.717, 1.165) is 0 Å². The first-order valence-electron chi connectivity index (χ1n) is 7.43. The number of hydrogen-bond donors (Lipinski definition) is 2. The van der Waals surface area contributed by atoms with Crippen molar-refractivity contribution < 1.29 is 46.2 Å². The Morgan fingerprint density at radius 3 is 1.46 bits per heavy atom. The topological polar surface area (TPSA) is 88.3 Å². The first-order chi connectivity index (χ1) is 11.9. The number of pyridine rings is 2. The van der Waals surface area contributed by atoms with Crippen molar-refractivity contribution >= 4 is 5.97 Å². The molecular formula is C19H21BrN2O4. The second-order valence-electron chi connectivity index (χ2n) is 5.11. The van der Waals surface area contributed by atoms with Gasteiger partial charge in [0.05, 0.1) is 5.97 Å². The number of aryl methyl sites for hydroxylation is 2. The summed E-state index contributed by atoms with van der Waals surface area (Å²) < 4.78 is 3.57. The zero-order chi connectivity index (χ0) is 18.7. The van der Waals surface area contributed by atoms with Crippen molar-refractivity contribution in [1.82, 2.24) is 0 Å². The van der Waals surface area contributed by atoms with E-state index in [4.69, 9.17) is 10.2 Å². The number of carbonyl (C=O) groups excluding carboxylic acids is 1. The summed E-state index contributed by atoms with van der Waals surface area (Å²) in [5.41, 5.74) is 0.220. The SMILES string of the molecule is C[n+]1cccc(O)c1.C[n+]1cccc(O)c1.O=C([O-])c1ccccc1.[Br-]. The third-order valence-corrected chi connectivity index (χ3v) is 2.86. The number of hydrogen-bond acceptors (Lipinski definition) is 4. The fraction of sp³-hybridized carbons (Fsp3) is 0.105. The largest absolute Gasteiger partial charge is 1.00 e. The molecular weight excluding hydrogens is 400 g/mol. The van der Waals surface area contributed by atoms with Gasteiger partial charge in [-0.25, -0.2) is 9.13 Å². The molecule has 0 atom stereocenters. The van der Waals surface area contributed by atoms with E-state index in [2.05, 4.69) is 0 Å². The van der Waals surface area contributed by atoms with Crippen LogP contribution in [0.25, 0.3) is 0 Å². The summed E-state index contributed by atoms with van der Waals surface area (Å²) in [5, 5.41) is 27.7. The quantitative estimate of drug-likeness (QED) is 0.425. The van der Waals surface area contributed by atoms with Crippen molar-refractivity contribution in [2.24, 2.45) is 14.1 Å². The van der Waals surface area contributed by atoms with Crippen LogP contribution in [0.2, 0.25) is 0 Å². The van der Waals surface area contributed by atoms with E-state index in [1.165, 1.54) is 12.1 Å². The van der Waals surface area contributed by atoms with Crippen molar-refractivity contribution in [2.75, 3.05) is 0 Å². The molecule has 0 unspecified atom stereocenters. The van der Waals surface area contributed by atoms with Gasteiger partial charge >= 0.3 is 0 Å². The lowest BCUT2D eigenvalue weighted by Crippen LogP contribution is -3.00. The number of rotatable bonds is 1. The van der Waals surface area contributed by atoms with Gasteiger partial charge in [-0.1, -0.05) is 30.3 Å². The molecule has 0 aliphatic heterocycles. The number of aromatic carboxylic acids is 1. The van der Waals surface area contributed by atoms with Crippen LogP contribution in [-0.2, 0) is 14.1 Å². The molecule has 1 aromatic carbocycles. The number of aromatic nitrogens is 2.